The number of rotatable bonds is 6. The second-order valence-electron chi connectivity index (χ2n) is 4.14. The number of nitrogens with zero attached hydrogens (tertiary/aromatic N) is 2. The van der Waals surface area contributed by atoms with Crippen molar-refractivity contribution in [1.82, 2.24) is 15.5 Å². The topological polar surface area (TPSA) is 63.0 Å². The molecule has 2 aromatic rings. The summed E-state index contributed by atoms with van der Waals surface area (Å²) in [6.07, 6.45) is 2.52. The van der Waals surface area contributed by atoms with Crippen molar-refractivity contribution in [3.63, 3.8) is 0 Å². The zero-order valence-corrected chi connectivity index (χ0v) is 10.2. The Hall–Kier alpha value is -1.40. The van der Waals surface area contributed by atoms with Gasteiger partial charge in [0.1, 0.15) is 0 Å². The Morgan fingerprint density at radius 3 is 3.06 bits per heavy atom. The van der Waals surface area contributed by atoms with Gasteiger partial charge >= 0.3 is 6.01 Å². The second kappa shape index (κ2) is 4.85. The first-order valence-electron chi connectivity index (χ1n) is 5.71. The fourth-order valence-corrected chi connectivity index (χ4v) is 2.16. The summed E-state index contributed by atoms with van der Waals surface area (Å²) in [5.41, 5.74) is 1.23. The molecule has 0 spiro atoms. The predicted molar refractivity (Wildman–Crippen MR) is 65.8 cm³/mol. The van der Waals surface area contributed by atoms with Crippen molar-refractivity contribution in [2.75, 3.05) is 5.32 Å². The maximum absolute atomic E-state index is 5.47. The van der Waals surface area contributed by atoms with Gasteiger partial charge in [-0.05, 0) is 35.2 Å². The van der Waals surface area contributed by atoms with Crippen molar-refractivity contribution in [2.24, 2.45) is 0 Å². The van der Waals surface area contributed by atoms with Gasteiger partial charge in [0, 0.05) is 12.6 Å². The summed E-state index contributed by atoms with van der Waals surface area (Å²) < 4.78 is 5.47. The fraction of sp³-hybridized carbons (Fsp3) is 0.455. The van der Waals surface area contributed by atoms with E-state index in [0.29, 0.717) is 24.5 Å². The van der Waals surface area contributed by atoms with Gasteiger partial charge in [0.2, 0.25) is 5.89 Å². The van der Waals surface area contributed by atoms with Crippen LogP contribution in [0.15, 0.2) is 21.2 Å². The minimum absolute atomic E-state index is 0.490. The maximum atomic E-state index is 5.47. The van der Waals surface area contributed by atoms with Crippen LogP contribution in [0.25, 0.3) is 0 Å². The van der Waals surface area contributed by atoms with Crippen LogP contribution in [0, 0.1) is 0 Å². The Balaban J connectivity index is 1.49. The summed E-state index contributed by atoms with van der Waals surface area (Å²) >= 11 is 1.68. The van der Waals surface area contributed by atoms with E-state index >= 15 is 0 Å². The molecule has 0 bridgehead atoms. The van der Waals surface area contributed by atoms with E-state index in [1.54, 1.807) is 11.3 Å². The Morgan fingerprint density at radius 1 is 1.35 bits per heavy atom. The molecule has 90 valence electrons. The molecule has 5 nitrogen and oxygen atoms in total. The smallest absolute Gasteiger partial charge is 0.315 e. The van der Waals surface area contributed by atoms with Crippen LogP contribution in [0.1, 0.15) is 24.3 Å². The van der Waals surface area contributed by atoms with Gasteiger partial charge in [0.05, 0.1) is 6.54 Å². The molecule has 17 heavy (non-hydrogen) atoms. The highest BCUT2D eigenvalue weighted by Crippen LogP contribution is 2.19. The van der Waals surface area contributed by atoms with Crippen molar-refractivity contribution in [3.8, 4) is 0 Å². The van der Waals surface area contributed by atoms with Gasteiger partial charge in [-0.25, -0.2) is 0 Å². The van der Waals surface area contributed by atoms with Crippen molar-refractivity contribution >= 4 is 17.4 Å². The lowest BCUT2D eigenvalue weighted by Gasteiger charge is -1.98. The van der Waals surface area contributed by atoms with Gasteiger partial charge in [-0.2, -0.15) is 11.3 Å². The number of nitrogens with one attached hydrogen (secondary N) is 2. The SMILES string of the molecule is c1cc(CNc2nnc(CNC3CC3)o2)cs1. The molecule has 0 atom stereocenters. The molecular formula is C11H14N4OS. The second-order valence-corrected chi connectivity index (χ2v) is 4.92. The highest BCUT2D eigenvalue weighted by atomic mass is 32.1. The molecule has 0 amide bonds. The zero-order chi connectivity index (χ0) is 11.5. The number of aromatic nitrogens is 2. The average molecular weight is 250 g/mol. The van der Waals surface area contributed by atoms with Gasteiger partial charge in [-0.1, -0.05) is 5.10 Å². The quantitative estimate of drug-likeness (QED) is 0.821. The lowest BCUT2D eigenvalue weighted by molar-refractivity contribution is 0.475. The molecular weight excluding hydrogens is 236 g/mol. The fourth-order valence-electron chi connectivity index (χ4n) is 1.49. The summed E-state index contributed by atoms with van der Waals surface area (Å²) in [6.45, 7) is 1.39. The van der Waals surface area contributed by atoms with Crippen LogP contribution < -0.4 is 10.6 Å². The van der Waals surface area contributed by atoms with E-state index in [2.05, 4.69) is 37.7 Å². The van der Waals surface area contributed by atoms with Crippen molar-refractivity contribution in [2.45, 2.75) is 32.0 Å². The van der Waals surface area contributed by atoms with Gasteiger partial charge in [-0.15, -0.1) is 5.10 Å². The first-order valence-corrected chi connectivity index (χ1v) is 6.65. The van der Waals surface area contributed by atoms with E-state index in [0.717, 1.165) is 6.54 Å². The molecule has 2 N–H and O–H groups in total. The molecule has 1 fully saturated rings. The lowest BCUT2D eigenvalue weighted by atomic mass is 10.3. The minimum Gasteiger partial charge on any atom is -0.407 e. The first-order chi connectivity index (χ1) is 8.40. The van der Waals surface area contributed by atoms with E-state index in [4.69, 9.17) is 4.42 Å². The van der Waals surface area contributed by atoms with E-state index in [1.165, 1.54) is 18.4 Å². The van der Waals surface area contributed by atoms with Crippen molar-refractivity contribution < 1.29 is 4.42 Å². The molecule has 3 rings (SSSR count). The summed E-state index contributed by atoms with van der Waals surface area (Å²) in [5.74, 6) is 0.643. The molecule has 0 unspecified atom stereocenters. The number of hydrogen-bond acceptors (Lipinski definition) is 6. The van der Waals surface area contributed by atoms with E-state index in [9.17, 15) is 0 Å². The summed E-state index contributed by atoms with van der Waals surface area (Å²) in [4.78, 5) is 0. The largest absolute Gasteiger partial charge is 0.407 e. The van der Waals surface area contributed by atoms with Crippen molar-refractivity contribution in [3.05, 3.63) is 28.3 Å². The Morgan fingerprint density at radius 2 is 2.29 bits per heavy atom. The maximum Gasteiger partial charge on any atom is 0.315 e. The van der Waals surface area contributed by atoms with Crippen LogP contribution in [-0.2, 0) is 13.1 Å². The molecule has 6 heteroatoms. The standard InChI is InChI=1S/C11H14N4OS/c1-2-9(1)12-6-10-14-15-11(16-10)13-5-8-3-4-17-7-8/h3-4,7,9,12H,1-2,5-6H2,(H,13,15). The number of hydrogen-bond donors (Lipinski definition) is 2. The minimum atomic E-state index is 0.490. The third-order valence-corrected chi connectivity index (χ3v) is 3.34. The van der Waals surface area contributed by atoms with Gasteiger partial charge < -0.3 is 15.1 Å². The molecule has 2 heterocycles. The molecule has 1 aliphatic rings. The van der Waals surface area contributed by atoms with Gasteiger partial charge in [0.25, 0.3) is 0 Å². The Kier molecular flexibility index (Phi) is 3.06. The normalized spacial score (nSPS) is 15.1. The van der Waals surface area contributed by atoms with Gasteiger partial charge in [-0.3, -0.25) is 0 Å². The Bertz CT molecular complexity index is 464. The highest BCUT2D eigenvalue weighted by molar-refractivity contribution is 7.07. The third kappa shape index (κ3) is 3.04. The number of thiophene rings is 1. The molecule has 1 saturated carbocycles. The first kappa shape index (κ1) is 10.7. The van der Waals surface area contributed by atoms with Crippen LogP contribution in [-0.4, -0.2) is 16.2 Å². The summed E-state index contributed by atoms with van der Waals surface area (Å²) in [7, 11) is 0. The van der Waals surface area contributed by atoms with E-state index in [-0.39, 0.29) is 0 Å². The van der Waals surface area contributed by atoms with E-state index < -0.39 is 0 Å². The third-order valence-electron chi connectivity index (χ3n) is 2.61. The van der Waals surface area contributed by atoms with Crippen LogP contribution in [0.5, 0.6) is 0 Å². The molecule has 0 aliphatic heterocycles. The van der Waals surface area contributed by atoms with E-state index in [1.807, 2.05) is 0 Å². The van der Waals surface area contributed by atoms with Crippen LogP contribution in [0.3, 0.4) is 0 Å². The Labute approximate surface area is 103 Å². The molecule has 0 aromatic carbocycles. The van der Waals surface area contributed by atoms with Crippen LogP contribution >= 0.6 is 11.3 Å². The van der Waals surface area contributed by atoms with Crippen LogP contribution in [0.4, 0.5) is 6.01 Å². The molecule has 1 aliphatic carbocycles. The summed E-state index contributed by atoms with van der Waals surface area (Å²) in [5, 5.41) is 18.5. The van der Waals surface area contributed by atoms with Crippen LogP contribution in [0.2, 0.25) is 0 Å². The van der Waals surface area contributed by atoms with Gasteiger partial charge in [0.15, 0.2) is 0 Å². The highest BCUT2D eigenvalue weighted by Gasteiger charge is 2.21. The number of anilines is 1. The molecule has 0 saturated heterocycles. The predicted octanol–water partition coefficient (Wildman–Crippen LogP) is 2.00. The monoisotopic (exact) mass is 250 g/mol. The summed E-state index contributed by atoms with van der Waals surface area (Å²) in [6, 6.07) is 3.22. The zero-order valence-electron chi connectivity index (χ0n) is 9.35. The molecule has 0 radical (unpaired) electrons. The molecule has 2 aromatic heterocycles. The lowest BCUT2D eigenvalue weighted by Crippen LogP contribution is -2.15. The average Bonchev–Trinajstić information content (AvgIpc) is 2.86. The van der Waals surface area contributed by atoms with Crippen molar-refractivity contribution in [1.29, 1.82) is 0 Å².